The van der Waals surface area contributed by atoms with Gasteiger partial charge in [-0.15, -0.1) is 0 Å². The summed E-state index contributed by atoms with van der Waals surface area (Å²) in [7, 11) is 0. The molecule has 1 aliphatic rings. The molecule has 0 aromatic carbocycles. The predicted octanol–water partition coefficient (Wildman–Crippen LogP) is 0.996. The van der Waals surface area contributed by atoms with E-state index in [0.29, 0.717) is 18.7 Å². The Balaban J connectivity index is 1.86. The second kappa shape index (κ2) is 4.62. The highest BCUT2D eigenvalue weighted by atomic mass is 16.3. The molecule has 6 nitrogen and oxygen atoms in total. The molecule has 0 spiro atoms. The van der Waals surface area contributed by atoms with Gasteiger partial charge in [-0.25, -0.2) is 4.98 Å². The van der Waals surface area contributed by atoms with Crippen molar-refractivity contribution in [3.05, 3.63) is 35.8 Å². The predicted molar refractivity (Wildman–Crippen MR) is 70.7 cm³/mol. The van der Waals surface area contributed by atoms with E-state index in [0.717, 1.165) is 18.8 Å². The number of aromatic amines is 1. The van der Waals surface area contributed by atoms with Gasteiger partial charge >= 0.3 is 0 Å². The van der Waals surface area contributed by atoms with Crippen molar-refractivity contribution in [3.8, 4) is 0 Å². The molecule has 1 atom stereocenters. The van der Waals surface area contributed by atoms with E-state index in [2.05, 4.69) is 25.3 Å². The molecular formula is C13H17N5O. The summed E-state index contributed by atoms with van der Waals surface area (Å²) in [5.74, 6) is 0.904. The molecule has 2 aromatic rings. The van der Waals surface area contributed by atoms with Gasteiger partial charge < -0.3 is 10.0 Å². The largest absolute Gasteiger partial charge is 0.382 e. The fourth-order valence-corrected chi connectivity index (χ4v) is 2.56. The third kappa shape index (κ3) is 2.31. The molecule has 2 N–H and O–H groups in total. The molecule has 0 bridgehead atoms. The molecule has 1 aliphatic heterocycles. The van der Waals surface area contributed by atoms with Crippen molar-refractivity contribution in [3.63, 3.8) is 0 Å². The van der Waals surface area contributed by atoms with E-state index < -0.39 is 5.60 Å². The molecule has 19 heavy (non-hydrogen) atoms. The molecule has 3 rings (SSSR count). The van der Waals surface area contributed by atoms with Gasteiger partial charge in [0.05, 0.1) is 12.7 Å². The lowest BCUT2D eigenvalue weighted by molar-refractivity contribution is 0.0175. The van der Waals surface area contributed by atoms with E-state index in [-0.39, 0.29) is 0 Å². The first kappa shape index (κ1) is 12.1. The van der Waals surface area contributed by atoms with E-state index >= 15 is 0 Å². The minimum Gasteiger partial charge on any atom is -0.382 e. The molecule has 0 saturated carbocycles. The monoisotopic (exact) mass is 259 g/mol. The third-order valence-electron chi connectivity index (χ3n) is 3.59. The molecule has 0 radical (unpaired) electrons. The SMILES string of the molecule is Cc1ccnc(N2CCCC(O)(c3cn[nH]n3)C2)c1. The summed E-state index contributed by atoms with van der Waals surface area (Å²) in [5, 5.41) is 21.1. The fraction of sp³-hybridized carbons (Fsp3) is 0.462. The molecule has 6 heteroatoms. The maximum absolute atomic E-state index is 10.7. The Hall–Kier alpha value is -1.95. The van der Waals surface area contributed by atoms with Crippen LogP contribution in [0.4, 0.5) is 5.82 Å². The zero-order chi connectivity index (χ0) is 13.3. The van der Waals surface area contributed by atoms with Crippen molar-refractivity contribution in [1.29, 1.82) is 0 Å². The van der Waals surface area contributed by atoms with Gasteiger partial charge in [-0.3, -0.25) is 0 Å². The van der Waals surface area contributed by atoms with E-state index in [4.69, 9.17) is 0 Å². The van der Waals surface area contributed by atoms with Crippen LogP contribution in [0, 0.1) is 6.92 Å². The summed E-state index contributed by atoms with van der Waals surface area (Å²) in [6.07, 6.45) is 4.99. The van der Waals surface area contributed by atoms with Crippen molar-refractivity contribution in [1.82, 2.24) is 20.4 Å². The van der Waals surface area contributed by atoms with Crippen LogP contribution >= 0.6 is 0 Å². The quantitative estimate of drug-likeness (QED) is 0.841. The number of aryl methyl sites for hydroxylation is 1. The first-order valence-corrected chi connectivity index (χ1v) is 6.44. The van der Waals surface area contributed by atoms with Crippen molar-refractivity contribution < 1.29 is 5.11 Å². The Morgan fingerprint density at radius 3 is 3.11 bits per heavy atom. The molecule has 0 amide bonds. The standard InChI is InChI=1S/C13H17N5O/c1-10-3-5-14-12(7-10)18-6-2-4-13(19,9-18)11-8-15-17-16-11/h3,5,7-8,19H,2,4,6,9H2,1H3,(H,15,16,17). The van der Waals surface area contributed by atoms with Crippen LogP contribution in [0.15, 0.2) is 24.5 Å². The Labute approximate surface area is 111 Å². The van der Waals surface area contributed by atoms with Crippen molar-refractivity contribution in [2.75, 3.05) is 18.0 Å². The molecule has 2 aromatic heterocycles. The average Bonchev–Trinajstić information content (AvgIpc) is 2.93. The second-order valence-electron chi connectivity index (χ2n) is 5.10. The second-order valence-corrected chi connectivity index (χ2v) is 5.10. The molecule has 100 valence electrons. The van der Waals surface area contributed by atoms with Crippen LogP contribution in [-0.2, 0) is 5.60 Å². The summed E-state index contributed by atoms with van der Waals surface area (Å²) in [6, 6.07) is 4.01. The summed E-state index contributed by atoms with van der Waals surface area (Å²) in [5.41, 5.74) is 0.821. The summed E-state index contributed by atoms with van der Waals surface area (Å²) in [6.45, 7) is 3.44. The number of aromatic nitrogens is 4. The van der Waals surface area contributed by atoms with Gasteiger partial charge in [-0.1, -0.05) is 0 Å². The molecule has 1 saturated heterocycles. The molecule has 3 heterocycles. The van der Waals surface area contributed by atoms with E-state index in [1.54, 1.807) is 12.4 Å². The molecule has 1 unspecified atom stereocenters. The lowest BCUT2D eigenvalue weighted by Gasteiger charge is -2.38. The normalized spacial score (nSPS) is 23.6. The van der Waals surface area contributed by atoms with Crippen LogP contribution in [-0.4, -0.2) is 38.6 Å². The molecular weight excluding hydrogens is 242 g/mol. The maximum atomic E-state index is 10.7. The lowest BCUT2D eigenvalue weighted by Crippen LogP contribution is -2.46. The number of piperidine rings is 1. The third-order valence-corrected chi connectivity index (χ3v) is 3.59. The Morgan fingerprint density at radius 2 is 2.37 bits per heavy atom. The summed E-state index contributed by atoms with van der Waals surface area (Å²) >= 11 is 0. The van der Waals surface area contributed by atoms with Gasteiger partial charge in [0, 0.05) is 12.7 Å². The Bertz CT molecular complexity index is 556. The average molecular weight is 259 g/mol. The number of rotatable bonds is 2. The van der Waals surface area contributed by atoms with Crippen LogP contribution < -0.4 is 4.90 Å². The number of nitrogens with one attached hydrogen (secondary N) is 1. The van der Waals surface area contributed by atoms with Gasteiger partial charge in [0.2, 0.25) is 0 Å². The smallest absolute Gasteiger partial charge is 0.128 e. The lowest BCUT2D eigenvalue weighted by atomic mass is 9.90. The minimum absolute atomic E-state index is 0.496. The van der Waals surface area contributed by atoms with Crippen LogP contribution in [0.1, 0.15) is 24.1 Å². The van der Waals surface area contributed by atoms with Crippen molar-refractivity contribution >= 4 is 5.82 Å². The van der Waals surface area contributed by atoms with E-state index in [1.165, 1.54) is 5.56 Å². The summed E-state index contributed by atoms with van der Waals surface area (Å²) in [4.78, 5) is 6.48. The van der Waals surface area contributed by atoms with E-state index in [1.807, 2.05) is 19.1 Å². The van der Waals surface area contributed by atoms with Gasteiger partial charge in [0.1, 0.15) is 17.1 Å². The van der Waals surface area contributed by atoms with Crippen LogP contribution in [0.3, 0.4) is 0 Å². The van der Waals surface area contributed by atoms with Crippen LogP contribution in [0.25, 0.3) is 0 Å². The van der Waals surface area contributed by atoms with Crippen LogP contribution in [0.2, 0.25) is 0 Å². The summed E-state index contributed by atoms with van der Waals surface area (Å²) < 4.78 is 0. The number of H-pyrrole nitrogens is 1. The van der Waals surface area contributed by atoms with Gasteiger partial charge in [-0.05, 0) is 37.5 Å². The zero-order valence-corrected chi connectivity index (χ0v) is 10.9. The number of aliphatic hydroxyl groups is 1. The number of pyridine rings is 1. The zero-order valence-electron chi connectivity index (χ0n) is 10.9. The van der Waals surface area contributed by atoms with Crippen molar-refractivity contribution in [2.45, 2.75) is 25.4 Å². The van der Waals surface area contributed by atoms with E-state index in [9.17, 15) is 5.11 Å². The highest BCUT2D eigenvalue weighted by Crippen LogP contribution is 2.31. The Kier molecular flexibility index (Phi) is 2.94. The molecule has 0 aliphatic carbocycles. The number of nitrogens with zero attached hydrogens (tertiary/aromatic N) is 4. The highest BCUT2D eigenvalue weighted by Gasteiger charge is 2.37. The van der Waals surface area contributed by atoms with Crippen LogP contribution in [0.5, 0.6) is 0 Å². The number of β-amino-alcohol motifs (C(OH)–C–C–N with tert-alkyl or cyclic N) is 1. The van der Waals surface area contributed by atoms with Gasteiger partial charge in [-0.2, -0.15) is 15.4 Å². The minimum atomic E-state index is -0.948. The van der Waals surface area contributed by atoms with Crippen molar-refractivity contribution in [2.24, 2.45) is 0 Å². The van der Waals surface area contributed by atoms with Gasteiger partial charge in [0.25, 0.3) is 0 Å². The molecule has 1 fully saturated rings. The first-order valence-electron chi connectivity index (χ1n) is 6.44. The Morgan fingerprint density at radius 1 is 1.47 bits per heavy atom. The fourth-order valence-electron chi connectivity index (χ4n) is 2.56. The van der Waals surface area contributed by atoms with Gasteiger partial charge in [0.15, 0.2) is 0 Å². The highest BCUT2D eigenvalue weighted by molar-refractivity contribution is 5.42. The number of anilines is 1. The number of hydrogen-bond donors (Lipinski definition) is 2. The number of hydrogen-bond acceptors (Lipinski definition) is 5. The first-order chi connectivity index (χ1) is 9.17. The topological polar surface area (TPSA) is 77.9 Å². The maximum Gasteiger partial charge on any atom is 0.128 e.